The molecule has 1 fully saturated rings. The highest BCUT2D eigenvalue weighted by molar-refractivity contribution is 7.89. The predicted octanol–water partition coefficient (Wildman–Crippen LogP) is 0.433. The highest BCUT2D eigenvalue weighted by atomic mass is 32.2. The van der Waals surface area contributed by atoms with E-state index in [9.17, 15) is 18.0 Å². The quantitative estimate of drug-likeness (QED) is 0.832. The molecule has 132 valence electrons. The third-order valence-corrected chi connectivity index (χ3v) is 5.95. The van der Waals surface area contributed by atoms with Crippen LogP contribution in [0.3, 0.4) is 0 Å². The lowest BCUT2D eigenvalue weighted by atomic mass is 10.2. The zero-order chi connectivity index (χ0) is 17.9. The van der Waals surface area contributed by atoms with Crippen LogP contribution in [-0.4, -0.2) is 62.2 Å². The third kappa shape index (κ3) is 3.76. The van der Waals surface area contributed by atoms with Crippen molar-refractivity contribution < 1.29 is 18.0 Å². The molecule has 0 aliphatic carbocycles. The SMILES string of the molecule is C[C@H](NC(=O)[C@H]1CCCN1S(=O)(=O)c1ccccc1)C(=O)N(C)C. The van der Waals surface area contributed by atoms with E-state index in [1.807, 2.05) is 0 Å². The van der Waals surface area contributed by atoms with E-state index >= 15 is 0 Å². The number of nitrogens with zero attached hydrogens (tertiary/aromatic N) is 2. The Morgan fingerprint density at radius 2 is 1.88 bits per heavy atom. The molecule has 2 rings (SSSR count). The molecule has 1 aliphatic heterocycles. The molecule has 0 bridgehead atoms. The van der Waals surface area contributed by atoms with Gasteiger partial charge in [0, 0.05) is 20.6 Å². The second-order valence-electron chi connectivity index (χ2n) is 6.05. The molecule has 0 radical (unpaired) electrons. The lowest BCUT2D eigenvalue weighted by Gasteiger charge is -2.25. The van der Waals surface area contributed by atoms with Gasteiger partial charge in [0.05, 0.1) is 4.90 Å². The van der Waals surface area contributed by atoms with E-state index < -0.39 is 28.0 Å². The molecule has 1 saturated heterocycles. The molecule has 2 atom stereocenters. The predicted molar refractivity (Wildman–Crippen MR) is 89.7 cm³/mol. The van der Waals surface area contributed by atoms with Crippen LogP contribution in [0.4, 0.5) is 0 Å². The summed E-state index contributed by atoms with van der Waals surface area (Å²) in [6.45, 7) is 1.89. The van der Waals surface area contributed by atoms with Gasteiger partial charge < -0.3 is 10.2 Å². The first-order chi connectivity index (χ1) is 11.2. The summed E-state index contributed by atoms with van der Waals surface area (Å²) >= 11 is 0. The largest absolute Gasteiger partial charge is 0.347 e. The first-order valence-corrected chi connectivity index (χ1v) is 9.27. The van der Waals surface area contributed by atoms with Crippen LogP contribution in [0.2, 0.25) is 0 Å². The van der Waals surface area contributed by atoms with E-state index in [0.717, 1.165) is 0 Å². The first-order valence-electron chi connectivity index (χ1n) is 7.83. The minimum absolute atomic E-state index is 0.169. The smallest absolute Gasteiger partial charge is 0.244 e. The Morgan fingerprint density at radius 3 is 2.46 bits per heavy atom. The van der Waals surface area contributed by atoms with Gasteiger partial charge in [-0.1, -0.05) is 18.2 Å². The molecule has 1 aliphatic rings. The maximum atomic E-state index is 12.7. The number of carbonyl (C=O) groups excluding carboxylic acids is 2. The molecule has 0 spiro atoms. The molecule has 0 unspecified atom stereocenters. The topological polar surface area (TPSA) is 86.8 Å². The lowest BCUT2D eigenvalue weighted by molar-refractivity contribution is -0.134. The fraction of sp³-hybridized carbons (Fsp3) is 0.500. The molecular formula is C16H23N3O4S. The summed E-state index contributed by atoms with van der Waals surface area (Å²) < 4.78 is 26.7. The van der Waals surface area contributed by atoms with Gasteiger partial charge in [-0.15, -0.1) is 0 Å². The summed E-state index contributed by atoms with van der Waals surface area (Å²) in [6, 6.07) is 6.58. The number of likely N-dealkylation sites (N-methyl/N-ethyl adjacent to an activating group) is 1. The number of hydrogen-bond acceptors (Lipinski definition) is 4. The van der Waals surface area contributed by atoms with E-state index in [-0.39, 0.29) is 10.8 Å². The van der Waals surface area contributed by atoms with Crippen molar-refractivity contribution >= 4 is 21.8 Å². The van der Waals surface area contributed by atoms with Crippen LogP contribution in [0, 0.1) is 0 Å². The fourth-order valence-corrected chi connectivity index (χ4v) is 4.45. The monoisotopic (exact) mass is 353 g/mol. The van der Waals surface area contributed by atoms with Crippen LogP contribution in [-0.2, 0) is 19.6 Å². The van der Waals surface area contributed by atoms with Gasteiger partial charge in [0.25, 0.3) is 0 Å². The van der Waals surface area contributed by atoms with Crippen molar-refractivity contribution in [2.45, 2.75) is 36.7 Å². The van der Waals surface area contributed by atoms with E-state index in [1.54, 1.807) is 39.2 Å². The number of hydrogen-bond donors (Lipinski definition) is 1. The molecule has 0 saturated carbocycles. The summed E-state index contributed by atoms with van der Waals surface area (Å²) in [5.41, 5.74) is 0. The van der Waals surface area contributed by atoms with E-state index in [2.05, 4.69) is 5.32 Å². The van der Waals surface area contributed by atoms with Crippen LogP contribution in [0.25, 0.3) is 0 Å². The number of nitrogens with one attached hydrogen (secondary N) is 1. The van der Waals surface area contributed by atoms with Gasteiger partial charge in [0.2, 0.25) is 21.8 Å². The molecule has 1 heterocycles. The second kappa shape index (κ2) is 7.31. The Labute approximate surface area is 142 Å². The van der Waals surface area contributed by atoms with Crippen molar-refractivity contribution in [2.24, 2.45) is 0 Å². The van der Waals surface area contributed by atoms with Crippen LogP contribution in [0.1, 0.15) is 19.8 Å². The van der Waals surface area contributed by atoms with Gasteiger partial charge >= 0.3 is 0 Å². The van der Waals surface area contributed by atoms with E-state index in [0.29, 0.717) is 19.4 Å². The number of amides is 2. The van der Waals surface area contributed by atoms with Gasteiger partial charge in [-0.3, -0.25) is 9.59 Å². The molecule has 8 heteroatoms. The Kier molecular flexibility index (Phi) is 5.61. The van der Waals surface area contributed by atoms with E-state index in [4.69, 9.17) is 0 Å². The number of rotatable bonds is 5. The van der Waals surface area contributed by atoms with Crippen LogP contribution >= 0.6 is 0 Å². The van der Waals surface area contributed by atoms with Crippen LogP contribution in [0.15, 0.2) is 35.2 Å². The number of carbonyl (C=O) groups is 2. The van der Waals surface area contributed by atoms with Crippen molar-refractivity contribution in [3.05, 3.63) is 30.3 Å². The first kappa shape index (κ1) is 18.4. The molecule has 1 N–H and O–H groups in total. The Bertz CT molecular complexity index is 703. The number of sulfonamides is 1. The van der Waals surface area contributed by atoms with Crippen molar-refractivity contribution in [3.63, 3.8) is 0 Å². The Morgan fingerprint density at radius 1 is 1.25 bits per heavy atom. The molecule has 1 aromatic carbocycles. The zero-order valence-corrected chi connectivity index (χ0v) is 14.9. The molecule has 0 aromatic heterocycles. The minimum Gasteiger partial charge on any atom is -0.347 e. The van der Waals surface area contributed by atoms with Crippen molar-refractivity contribution in [3.8, 4) is 0 Å². The van der Waals surface area contributed by atoms with Gasteiger partial charge in [0.15, 0.2) is 0 Å². The maximum Gasteiger partial charge on any atom is 0.244 e. The van der Waals surface area contributed by atoms with Gasteiger partial charge in [0.1, 0.15) is 12.1 Å². The van der Waals surface area contributed by atoms with Crippen molar-refractivity contribution in [1.82, 2.24) is 14.5 Å². The molecule has 1 aromatic rings. The minimum atomic E-state index is -3.73. The maximum absolute atomic E-state index is 12.7. The summed E-state index contributed by atoms with van der Waals surface area (Å²) in [6.07, 6.45) is 1.06. The van der Waals surface area contributed by atoms with Gasteiger partial charge in [-0.05, 0) is 31.9 Å². The zero-order valence-electron chi connectivity index (χ0n) is 14.1. The van der Waals surface area contributed by atoms with Crippen LogP contribution in [0.5, 0.6) is 0 Å². The van der Waals surface area contributed by atoms with Gasteiger partial charge in [-0.2, -0.15) is 4.31 Å². The summed E-state index contributed by atoms with van der Waals surface area (Å²) in [5, 5.41) is 2.62. The normalized spacial score (nSPS) is 19.7. The lowest BCUT2D eigenvalue weighted by Crippen LogP contribution is -2.51. The highest BCUT2D eigenvalue weighted by Crippen LogP contribution is 2.26. The molecule has 7 nitrogen and oxygen atoms in total. The summed E-state index contributed by atoms with van der Waals surface area (Å²) in [4.78, 5) is 25.9. The molecule has 24 heavy (non-hydrogen) atoms. The van der Waals surface area contributed by atoms with E-state index in [1.165, 1.54) is 21.3 Å². The van der Waals surface area contributed by atoms with Gasteiger partial charge in [-0.25, -0.2) is 8.42 Å². The van der Waals surface area contributed by atoms with Crippen molar-refractivity contribution in [1.29, 1.82) is 0 Å². The number of benzene rings is 1. The fourth-order valence-electron chi connectivity index (χ4n) is 2.78. The van der Waals surface area contributed by atoms with Crippen molar-refractivity contribution in [2.75, 3.05) is 20.6 Å². The average Bonchev–Trinajstić information content (AvgIpc) is 3.05. The standard InChI is InChI=1S/C16H23N3O4S/c1-12(16(21)18(2)3)17-15(20)14-10-7-11-19(14)24(22,23)13-8-5-4-6-9-13/h4-6,8-9,12,14H,7,10-11H2,1-3H3,(H,17,20)/t12-,14+/m0/s1. The summed E-state index contributed by atoms with van der Waals surface area (Å²) in [7, 11) is -0.520. The average molecular weight is 353 g/mol. The second-order valence-corrected chi connectivity index (χ2v) is 7.94. The molecule has 2 amide bonds. The summed E-state index contributed by atoms with van der Waals surface area (Å²) in [5.74, 6) is -0.673. The molecular weight excluding hydrogens is 330 g/mol. The van der Waals surface area contributed by atoms with Crippen LogP contribution < -0.4 is 5.32 Å². The Hall–Kier alpha value is -1.93. The Balaban J connectivity index is 2.16. The highest BCUT2D eigenvalue weighted by Gasteiger charge is 2.40. The third-order valence-electron chi connectivity index (χ3n) is 4.03.